The van der Waals surface area contributed by atoms with Gasteiger partial charge in [0, 0.05) is 4.88 Å². The number of nitrogens with one attached hydrogen (secondary N) is 1. The summed E-state index contributed by atoms with van der Waals surface area (Å²) in [4.78, 5) is 26.4. The molecule has 0 bridgehead atoms. The number of hydrogen-bond acceptors (Lipinski definition) is 7. The zero-order chi connectivity index (χ0) is 21.8. The summed E-state index contributed by atoms with van der Waals surface area (Å²) in [6.07, 6.45) is 0. The molecule has 0 radical (unpaired) electrons. The standard InChI is InChI=1S/C22H20N4O4S/c1-3-30-22(28)21-17(12-19(31-21)14-8-10-15(29-2)11-9-14)23-20(27)13-26-18-7-5-4-6-16(18)24-25-26/h4-12H,3,13H2,1-2H3,(H,23,27). The van der Waals surface area contributed by atoms with Crippen molar-refractivity contribution in [3.63, 3.8) is 0 Å². The van der Waals surface area contributed by atoms with Gasteiger partial charge in [-0.3, -0.25) is 4.79 Å². The Hall–Kier alpha value is -3.72. The molecule has 0 fully saturated rings. The lowest BCUT2D eigenvalue weighted by atomic mass is 10.2. The molecule has 1 N–H and O–H groups in total. The van der Waals surface area contributed by atoms with Crippen LogP contribution in [0.4, 0.5) is 5.69 Å². The molecule has 2 aromatic carbocycles. The van der Waals surface area contributed by atoms with E-state index < -0.39 is 5.97 Å². The molecule has 0 aliphatic heterocycles. The van der Waals surface area contributed by atoms with Crippen molar-refractivity contribution in [1.82, 2.24) is 15.0 Å². The third kappa shape index (κ3) is 4.41. The van der Waals surface area contributed by atoms with Crippen molar-refractivity contribution in [2.24, 2.45) is 0 Å². The molecule has 4 aromatic rings. The van der Waals surface area contributed by atoms with Gasteiger partial charge in [-0.2, -0.15) is 0 Å². The van der Waals surface area contributed by atoms with Crippen molar-refractivity contribution in [2.75, 3.05) is 19.0 Å². The number of carbonyl (C=O) groups excluding carboxylic acids is 2. The number of carbonyl (C=O) groups is 2. The van der Waals surface area contributed by atoms with Crippen LogP contribution in [0.3, 0.4) is 0 Å². The number of benzene rings is 2. The van der Waals surface area contributed by atoms with E-state index in [1.165, 1.54) is 16.0 Å². The number of nitrogens with zero attached hydrogens (tertiary/aromatic N) is 3. The molecular weight excluding hydrogens is 416 g/mol. The fourth-order valence-electron chi connectivity index (χ4n) is 3.09. The smallest absolute Gasteiger partial charge is 0.350 e. The van der Waals surface area contributed by atoms with E-state index in [1.807, 2.05) is 48.5 Å². The highest BCUT2D eigenvalue weighted by atomic mass is 32.1. The Labute approximate surface area is 182 Å². The summed E-state index contributed by atoms with van der Waals surface area (Å²) >= 11 is 1.26. The molecule has 2 aromatic heterocycles. The minimum absolute atomic E-state index is 0.0313. The van der Waals surface area contributed by atoms with Crippen molar-refractivity contribution in [3.05, 3.63) is 59.5 Å². The summed E-state index contributed by atoms with van der Waals surface area (Å²) in [7, 11) is 1.60. The Bertz CT molecular complexity index is 1230. The van der Waals surface area contributed by atoms with Crippen molar-refractivity contribution in [2.45, 2.75) is 13.5 Å². The number of ether oxygens (including phenoxy) is 2. The van der Waals surface area contributed by atoms with Crippen molar-refractivity contribution in [1.29, 1.82) is 0 Å². The third-order valence-electron chi connectivity index (χ3n) is 4.56. The van der Waals surface area contributed by atoms with Gasteiger partial charge >= 0.3 is 5.97 Å². The molecule has 0 atom stereocenters. The van der Waals surface area contributed by atoms with Gasteiger partial charge in [-0.05, 0) is 55.0 Å². The lowest BCUT2D eigenvalue weighted by Crippen LogP contribution is -2.20. The van der Waals surface area contributed by atoms with Gasteiger partial charge in [-0.15, -0.1) is 16.4 Å². The molecule has 0 saturated heterocycles. The van der Waals surface area contributed by atoms with Crippen LogP contribution in [0.25, 0.3) is 21.5 Å². The Morgan fingerprint density at radius 3 is 2.65 bits per heavy atom. The van der Waals surface area contributed by atoms with Gasteiger partial charge in [-0.1, -0.05) is 17.3 Å². The van der Waals surface area contributed by atoms with Gasteiger partial charge in [0.1, 0.15) is 22.7 Å². The van der Waals surface area contributed by atoms with E-state index in [0.717, 1.165) is 21.7 Å². The van der Waals surface area contributed by atoms with Gasteiger partial charge in [0.05, 0.1) is 24.9 Å². The second-order valence-electron chi connectivity index (χ2n) is 6.59. The minimum atomic E-state index is -0.478. The summed E-state index contributed by atoms with van der Waals surface area (Å²) in [5.41, 5.74) is 2.77. The topological polar surface area (TPSA) is 95.3 Å². The maximum absolute atomic E-state index is 12.7. The Morgan fingerprint density at radius 2 is 1.90 bits per heavy atom. The molecule has 4 rings (SSSR count). The first-order valence-electron chi connectivity index (χ1n) is 9.62. The van der Waals surface area contributed by atoms with Crippen LogP contribution in [0.1, 0.15) is 16.6 Å². The van der Waals surface area contributed by atoms with Crippen molar-refractivity contribution < 1.29 is 19.1 Å². The molecule has 0 unspecified atom stereocenters. The van der Waals surface area contributed by atoms with Gasteiger partial charge in [0.25, 0.3) is 0 Å². The number of methoxy groups -OCH3 is 1. The van der Waals surface area contributed by atoms with E-state index in [-0.39, 0.29) is 19.1 Å². The van der Waals surface area contributed by atoms with E-state index in [4.69, 9.17) is 9.47 Å². The number of esters is 1. The maximum atomic E-state index is 12.7. The highest BCUT2D eigenvalue weighted by molar-refractivity contribution is 7.18. The van der Waals surface area contributed by atoms with Crippen LogP contribution >= 0.6 is 11.3 Å². The van der Waals surface area contributed by atoms with E-state index in [2.05, 4.69) is 15.6 Å². The van der Waals surface area contributed by atoms with Crippen LogP contribution in [-0.4, -0.2) is 40.6 Å². The van der Waals surface area contributed by atoms with Gasteiger partial charge in [0.15, 0.2) is 0 Å². The van der Waals surface area contributed by atoms with Crippen molar-refractivity contribution in [3.8, 4) is 16.2 Å². The SMILES string of the molecule is CCOC(=O)c1sc(-c2ccc(OC)cc2)cc1NC(=O)Cn1nnc2ccccc21. The average Bonchev–Trinajstić information content (AvgIpc) is 3.39. The first-order chi connectivity index (χ1) is 15.1. The number of para-hydroxylation sites is 1. The monoisotopic (exact) mass is 436 g/mol. The first-order valence-corrected chi connectivity index (χ1v) is 10.4. The summed E-state index contributed by atoms with van der Waals surface area (Å²) in [6, 6.07) is 16.6. The van der Waals surface area contributed by atoms with Crippen LogP contribution in [0.15, 0.2) is 54.6 Å². The minimum Gasteiger partial charge on any atom is -0.497 e. The molecule has 2 heterocycles. The number of hydrogen-bond donors (Lipinski definition) is 1. The summed E-state index contributed by atoms with van der Waals surface area (Å²) in [5.74, 6) is -0.0615. The molecule has 0 saturated carbocycles. The second kappa shape index (κ2) is 8.97. The molecule has 1 amide bonds. The average molecular weight is 436 g/mol. The molecule has 0 aliphatic carbocycles. The van der Waals surface area contributed by atoms with E-state index in [1.54, 1.807) is 20.1 Å². The Kier molecular flexibility index (Phi) is 5.94. The second-order valence-corrected chi connectivity index (χ2v) is 7.64. The zero-order valence-corrected chi connectivity index (χ0v) is 17.8. The molecule has 0 spiro atoms. The molecule has 0 aliphatic rings. The number of anilines is 1. The Balaban J connectivity index is 1.60. The fourth-order valence-corrected chi connectivity index (χ4v) is 4.10. The zero-order valence-electron chi connectivity index (χ0n) is 17.0. The van der Waals surface area contributed by atoms with E-state index in [9.17, 15) is 9.59 Å². The highest BCUT2D eigenvalue weighted by Crippen LogP contribution is 2.36. The molecule has 158 valence electrons. The molecular formula is C22H20N4O4S. The quantitative estimate of drug-likeness (QED) is 0.440. The maximum Gasteiger partial charge on any atom is 0.350 e. The van der Waals surface area contributed by atoms with Gasteiger partial charge in [0.2, 0.25) is 5.91 Å². The number of aromatic nitrogens is 3. The number of amides is 1. The van der Waals surface area contributed by atoms with Crippen LogP contribution in [0.5, 0.6) is 5.75 Å². The molecule has 31 heavy (non-hydrogen) atoms. The first kappa shape index (κ1) is 20.5. The molecule has 8 nitrogen and oxygen atoms in total. The lowest BCUT2D eigenvalue weighted by Gasteiger charge is -2.06. The predicted octanol–water partition coefficient (Wildman–Crippen LogP) is 3.98. The van der Waals surface area contributed by atoms with Gasteiger partial charge in [-0.25, -0.2) is 9.48 Å². The number of fused-ring (bicyclic) bond motifs is 1. The molecule has 9 heteroatoms. The fraction of sp³-hybridized carbons (Fsp3) is 0.182. The van der Waals surface area contributed by atoms with E-state index >= 15 is 0 Å². The summed E-state index contributed by atoms with van der Waals surface area (Å²) < 4.78 is 11.9. The highest BCUT2D eigenvalue weighted by Gasteiger charge is 2.20. The normalized spacial score (nSPS) is 10.8. The van der Waals surface area contributed by atoms with Crippen LogP contribution in [-0.2, 0) is 16.1 Å². The third-order valence-corrected chi connectivity index (χ3v) is 5.72. The van der Waals surface area contributed by atoms with Crippen LogP contribution in [0.2, 0.25) is 0 Å². The van der Waals surface area contributed by atoms with Crippen molar-refractivity contribution >= 4 is 39.9 Å². The number of rotatable bonds is 7. The van der Waals surface area contributed by atoms with E-state index in [0.29, 0.717) is 16.1 Å². The van der Waals surface area contributed by atoms with Gasteiger partial charge < -0.3 is 14.8 Å². The lowest BCUT2D eigenvalue weighted by molar-refractivity contribution is -0.116. The largest absolute Gasteiger partial charge is 0.497 e. The predicted molar refractivity (Wildman–Crippen MR) is 118 cm³/mol. The summed E-state index contributed by atoms with van der Waals surface area (Å²) in [5, 5.41) is 10.9. The van der Waals surface area contributed by atoms with Crippen LogP contribution in [0, 0.1) is 0 Å². The summed E-state index contributed by atoms with van der Waals surface area (Å²) in [6.45, 7) is 1.95. The Morgan fingerprint density at radius 1 is 1.13 bits per heavy atom. The van der Waals surface area contributed by atoms with Crippen LogP contribution < -0.4 is 10.1 Å². The number of thiophene rings is 1.